The van der Waals surface area contributed by atoms with Crippen LogP contribution in [0.5, 0.6) is 0 Å². The van der Waals surface area contributed by atoms with Crippen molar-refractivity contribution in [2.45, 2.75) is 19.5 Å². The van der Waals surface area contributed by atoms with Gasteiger partial charge in [0.25, 0.3) is 5.91 Å². The summed E-state index contributed by atoms with van der Waals surface area (Å²) in [5.74, 6) is -1.10. The Hall–Kier alpha value is -2.13. The number of carbonyl (C=O) groups excluding carboxylic acids is 1. The monoisotopic (exact) mass is 419 g/mol. The van der Waals surface area contributed by atoms with Crippen molar-refractivity contribution in [1.82, 2.24) is 15.4 Å². The van der Waals surface area contributed by atoms with Crippen LogP contribution in [0.15, 0.2) is 22.7 Å². The molecule has 0 saturated carbocycles. The fourth-order valence-electron chi connectivity index (χ4n) is 3.34. The SMILES string of the molecule is Cc1onc(-c2c(F)cccc2Cl)c1C(=O)NCC1CCN(CC(F)(F)F)C1. The lowest BCUT2D eigenvalue weighted by molar-refractivity contribution is -0.143. The molecule has 28 heavy (non-hydrogen) atoms. The number of carbonyl (C=O) groups is 1. The molecule has 1 aliphatic rings. The molecule has 1 unspecified atom stereocenters. The minimum Gasteiger partial charge on any atom is -0.360 e. The average Bonchev–Trinajstić information content (AvgIpc) is 3.18. The third-order valence-corrected chi connectivity index (χ3v) is 4.93. The van der Waals surface area contributed by atoms with E-state index in [1.165, 1.54) is 30.0 Å². The Morgan fingerprint density at radius 3 is 2.86 bits per heavy atom. The van der Waals surface area contributed by atoms with Gasteiger partial charge in [-0.3, -0.25) is 9.69 Å². The van der Waals surface area contributed by atoms with Crippen LogP contribution in [0.1, 0.15) is 22.5 Å². The van der Waals surface area contributed by atoms with Crippen molar-refractivity contribution >= 4 is 17.5 Å². The number of nitrogens with one attached hydrogen (secondary N) is 1. The minimum atomic E-state index is -4.24. The zero-order valence-corrected chi connectivity index (χ0v) is 15.7. The van der Waals surface area contributed by atoms with Crippen molar-refractivity contribution in [3.05, 3.63) is 40.4 Å². The molecule has 0 aliphatic carbocycles. The van der Waals surface area contributed by atoms with Gasteiger partial charge in [0.05, 0.1) is 17.1 Å². The predicted molar refractivity (Wildman–Crippen MR) is 94.6 cm³/mol. The van der Waals surface area contributed by atoms with E-state index in [0.717, 1.165) is 0 Å². The van der Waals surface area contributed by atoms with E-state index in [0.29, 0.717) is 13.0 Å². The van der Waals surface area contributed by atoms with Gasteiger partial charge < -0.3 is 9.84 Å². The molecule has 10 heteroatoms. The molecular formula is C18H18ClF4N3O2. The first-order valence-corrected chi connectivity index (χ1v) is 9.01. The van der Waals surface area contributed by atoms with Crippen molar-refractivity contribution in [1.29, 1.82) is 0 Å². The zero-order valence-electron chi connectivity index (χ0n) is 14.9. The predicted octanol–water partition coefficient (Wildman–Crippen LogP) is 4.06. The van der Waals surface area contributed by atoms with Crippen LogP contribution in [0, 0.1) is 18.7 Å². The standard InChI is InChI=1S/C18H18ClF4N3O2/c1-10-14(16(25-28-10)15-12(19)3-2-4-13(15)20)17(27)24-7-11-5-6-26(8-11)9-18(21,22)23/h2-4,11H,5-9H2,1H3,(H,24,27). The molecule has 2 heterocycles. The van der Waals surface area contributed by atoms with Gasteiger partial charge in [0.15, 0.2) is 0 Å². The van der Waals surface area contributed by atoms with Crippen LogP contribution in [0.2, 0.25) is 5.02 Å². The lowest BCUT2D eigenvalue weighted by Crippen LogP contribution is -2.34. The summed E-state index contributed by atoms with van der Waals surface area (Å²) in [6, 6.07) is 4.10. The van der Waals surface area contributed by atoms with E-state index in [9.17, 15) is 22.4 Å². The van der Waals surface area contributed by atoms with E-state index in [4.69, 9.17) is 16.1 Å². The summed E-state index contributed by atoms with van der Waals surface area (Å²) in [7, 11) is 0. The molecule has 0 bridgehead atoms. The van der Waals surface area contributed by atoms with Crippen molar-refractivity contribution in [3.8, 4) is 11.3 Å². The summed E-state index contributed by atoms with van der Waals surface area (Å²) in [5, 5.41) is 6.54. The number of halogens is 5. The zero-order chi connectivity index (χ0) is 20.5. The van der Waals surface area contributed by atoms with Crippen LogP contribution in [0.4, 0.5) is 17.6 Å². The maximum atomic E-state index is 14.2. The van der Waals surface area contributed by atoms with E-state index in [1.54, 1.807) is 0 Å². The van der Waals surface area contributed by atoms with Crippen LogP contribution in [-0.4, -0.2) is 48.3 Å². The molecule has 2 aromatic rings. The highest BCUT2D eigenvalue weighted by Crippen LogP contribution is 2.33. The molecule has 1 saturated heterocycles. The Bertz CT molecular complexity index is 849. The van der Waals surface area contributed by atoms with Crippen molar-refractivity contribution in [2.24, 2.45) is 5.92 Å². The lowest BCUT2D eigenvalue weighted by atomic mass is 10.0. The second kappa shape index (κ2) is 8.08. The molecular weight excluding hydrogens is 402 g/mol. The van der Waals surface area contributed by atoms with Crippen LogP contribution in [-0.2, 0) is 0 Å². The van der Waals surface area contributed by atoms with Gasteiger partial charge in [-0.1, -0.05) is 22.8 Å². The van der Waals surface area contributed by atoms with Gasteiger partial charge in [-0.25, -0.2) is 4.39 Å². The molecule has 0 radical (unpaired) electrons. The van der Waals surface area contributed by atoms with Crippen LogP contribution in [0.25, 0.3) is 11.3 Å². The summed E-state index contributed by atoms with van der Waals surface area (Å²) in [6.07, 6.45) is -3.70. The third-order valence-electron chi connectivity index (χ3n) is 4.61. The van der Waals surface area contributed by atoms with E-state index < -0.39 is 24.4 Å². The Kier molecular flexibility index (Phi) is 5.95. The molecule has 1 atom stereocenters. The van der Waals surface area contributed by atoms with Gasteiger partial charge in [0.1, 0.15) is 22.8 Å². The molecule has 1 N–H and O–H groups in total. The van der Waals surface area contributed by atoms with Crippen LogP contribution < -0.4 is 5.32 Å². The number of hydrogen-bond acceptors (Lipinski definition) is 4. The Balaban J connectivity index is 1.69. The number of hydrogen-bond donors (Lipinski definition) is 1. The number of rotatable bonds is 5. The van der Waals surface area contributed by atoms with Crippen molar-refractivity contribution in [3.63, 3.8) is 0 Å². The third kappa shape index (κ3) is 4.64. The number of benzene rings is 1. The molecule has 1 aromatic carbocycles. The Morgan fingerprint density at radius 2 is 2.18 bits per heavy atom. The number of nitrogens with zero attached hydrogens (tertiary/aromatic N) is 2. The highest BCUT2D eigenvalue weighted by Gasteiger charge is 2.34. The van der Waals surface area contributed by atoms with E-state index in [-0.39, 0.29) is 46.6 Å². The molecule has 1 fully saturated rings. The molecule has 5 nitrogen and oxygen atoms in total. The van der Waals surface area contributed by atoms with E-state index >= 15 is 0 Å². The summed E-state index contributed by atoms with van der Waals surface area (Å²) >= 11 is 6.05. The Morgan fingerprint density at radius 1 is 1.43 bits per heavy atom. The number of amides is 1. The topological polar surface area (TPSA) is 58.4 Å². The molecule has 0 spiro atoms. The smallest absolute Gasteiger partial charge is 0.360 e. The maximum absolute atomic E-state index is 14.2. The first-order valence-electron chi connectivity index (χ1n) is 8.63. The molecule has 1 amide bonds. The maximum Gasteiger partial charge on any atom is 0.401 e. The molecule has 1 aromatic heterocycles. The summed E-state index contributed by atoms with van der Waals surface area (Å²) in [4.78, 5) is 14.0. The Labute approximate surface area is 163 Å². The average molecular weight is 420 g/mol. The molecule has 1 aliphatic heterocycles. The number of likely N-dealkylation sites (tertiary alicyclic amines) is 1. The second-order valence-corrected chi connectivity index (χ2v) is 7.18. The van der Waals surface area contributed by atoms with Crippen LogP contribution in [0.3, 0.4) is 0 Å². The minimum absolute atomic E-state index is 0.0109. The van der Waals surface area contributed by atoms with Gasteiger partial charge in [0, 0.05) is 13.1 Å². The second-order valence-electron chi connectivity index (χ2n) is 6.77. The summed E-state index contributed by atoms with van der Waals surface area (Å²) in [5.41, 5.74) is 0.00347. The van der Waals surface area contributed by atoms with Gasteiger partial charge in [-0.2, -0.15) is 13.2 Å². The first-order chi connectivity index (χ1) is 13.2. The normalized spacial score (nSPS) is 17.9. The van der Waals surface area contributed by atoms with Gasteiger partial charge in [-0.15, -0.1) is 0 Å². The highest BCUT2D eigenvalue weighted by molar-refractivity contribution is 6.33. The molecule has 3 rings (SSSR count). The first kappa shape index (κ1) is 20.6. The quantitative estimate of drug-likeness (QED) is 0.743. The van der Waals surface area contributed by atoms with E-state index in [2.05, 4.69) is 10.5 Å². The highest BCUT2D eigenvalue weighted by atomic mass is 35.5. The molecule has 152 valence electrons. The lowest BCUT2D eigenvalue weighted by Gasteiger charge is -2.18. The number of aryl methyl sites for hydroxylation is 1. The summed E-state index contributed by atoms with van der Waals surface area (Å²) < 4.78 is 56.7. The fourth-order valence-corrected chi connectivity index (χ4v) is 3.59. The number of aromatic nitrogens is 1. The fraction of sp³-hybridized carbons (Fsp3) is 0.444. The number of alkyl halides is 3. The van der Waals surface area contributed by atoms with Gasteiger partial charge in [0.2, 0.25) is 0 Å². The van der Waals surface area contributed by atoms with Gasteiger partial charge in [-0.05, 0) is 37.9 Å². The van der Waals surface area contributed by atoms with Crippen molar-refractivity contribution < 1.29 is 26.9 Å². The summed E-state index contributed by atoms with van der Waals surface area (Å²) in [6.45, 7) is 1.32. The van der Waals surface area contributed by atoms with Crippen LogP contribution >= 0.6 is 11.6 Å². The van der Waals surface area contributed by atoms with Gasteiger partial charge >= 0.3 is 6.18 Å². The van der Waals surface area contributed by atoms with Crippen molar-refractivity contribution in [2.75, 3.05) is 26.2 Å². The largest absolute Gasteiger partial charge is 0.401 e. The van der Waals surface area contributed by atoms with E-state index in [1.807, 2.05) is 0 Å².